The highest BCUT2D eigenvalue weighted by Gasteiger charge is 2.52. The van der Waals surface area contributed by atoms with Gasteiger partial charge in [0, 0.05) is 12.1 Å². The number of nitrogens with zero attached hydrogens (tertiary/aromatic N) is 1. The molecule has 0 aromatic rings. The van der Waals surface area contributed by atoms with Crippen molar-refractivity contribution in [3.05, 3.63) is 0 Å². The third-order valence-electron chi connectivity index (χ3n) is 6.61. The molecular weight excluding hydrogens is 312 g/mol. The number of amides is 1. The second-order valence-corrected chi connectivity index (χ2v) is 10.5. The first-order valence-electron chi connectivity index (χ1n) is 9.13. The molecule has 1 saturated heterocycles. The van der Waals surface area contributed by atoms with Crippen molar-refractivity contribution >= 4 is 15.9 Å². The minimum absolute atomic E-state index is 0.0353. The van der Waals surface area contributed by atoms with E-state index in [2.05, 4.69) is 5.32 Å². The van der Waals surface area contributed by atoms with Gasteiger partial charge in [0.15, 0.2) is 0 Å². The Hall–Kier alpha value is -0.620. The van der Waals surface area contributed by atoms with Gasteiger partial charge in [-0.15, -0.1) is 0 Å². The van der Waals surface area contributed by atoms with Crippen LogP contribution in [0.25, 0.3) is 0 Å². The molecule has 5 nitrogen and oxygen atoms in total. The van der Waals surface area contributed by atoms with E-state index in [1.807, 2.05) is 0 Å². The fraction of sp³-hybridized carbons (Fsp3) is 0.941. The molecule has 0 aromatic heterocycles. The zero-order chi connectivity index (χ0) is 16.2. The third-order valence-corrected chi connectivity index (χ3v) is 7.90. The topological polar surface area (TPSA) is 66.5 Å². The average molecular weight is 340 g/mol. The van der Waals surface area contributed by atoms with Crippen LogP contribution in [0, 0.1) is 17.8 Å². The number of carbonyl (C=O) groups excluding carboxylic acids is 1. The first-order chi connectivity index (χ1) is 10.8. The van der Waals surface area contributed by atoms with Crippen LogP contribution >= 0.6 is 0 Å². The quantitative estimate of drug-likeness (QED) is 0.853. The van der Waals surface area contributed by atoms with Crippen molar-refractivity contribution in [2.75, 3.05) is 12.8 Å². The standard InChI is InChI=1S/C17H28N2O3S/c1-23(21,22)19-5-3-2-4-15(19)16(20)18-17-9-12-6-13(10-17)8-14(7-12)11-17/h12-15H,2-11H2,1H3,(H,18,20). The highest BCUT2D eigenvalue weighted by molar-refractivity contribution is 7.88. The number of carbonyl (C=O) groups is 1. The summed E-state index contributed by atoms with van der Waals surface area (Å²) in [6, 6.07) is -0.494. The first-order valence-corrected chi connectivity index (χ1v) is 11.0. The van der Waals surface area contributed by atoms with Crippen LogP contribution in [-0.2, 0) is 14.8 Å². The molecule has 5 fully saturated rings. The van der Waals surface area contributed by atoms with E-state index in [1.165, 1.54) is 29.8 Å². The maximum absolute atomic E-state index is 12.9. The van der Waals surface area contributed by atoms with E-state index in [-0.39, 0.29) is 11.4 Å². The number of nitrogens with one attached hydrogen (secondary N) is 1. The summed E-state index contributed by atoms with van der Waals surface area (Å²) < 4.78 is 25.4. The minimum Gasteiger partial charge on any atom is -0.349 e. The van der Waals surface area contributed by atoms with Crippen molar-refractivity contribution in [1.29, 1.82) is 0 Å². The van der Waals surface area contributed by atoms with Gasteiger partial charge < -0.3 is 5.32 Å². The van der Waals surface area contributed by atoms with E-state index in [9.17, 15) is 13.2 Å². The summed E-state index contributed by atoms with van der Waals surface area (Å²) in [7, 11) is -3.31. The minimum atomic E-state index is -3.31. The van der Waals surface area contributed by atoms with Crippen molar-refractivity contribution in [1.82, 2.24) is 9.62 Å². The maximum atomic E-state index is 12.9. The Morgan fingerprint density at radius 3 is 2.13 bits per heavy atom. The van der Waals surface area contributed by atoms with Crippen LogP contribution in [-0.4, -0.2) is 43.0 Å². The molecule has 4 aliphatic carbocycles. The Morgan fingerprint density at radius 1 is 1.04 bits per heavy atom. The molecular formula is C17H28N2O3S. The van der Waals surface area contributed by atoms with Gasteiger partial charge in [0.25, 0.3) is 0 Å². The Morgan fingerprint density at radius 2 is 1.61 bits per heavy atom. The first kappa shape index (κ1) is 15.9. The summed E-state index contributed by atoms with van der Waals surface area (Å²) in [6.45, 7) is 0.484. The largest absolute Gasteiger partial charge is 0.349 e. The number of sulfonamides is 1. The fourth-order valence-electron chi connectivity index (χ4n) is 6.17. The van der Waals surface area contributed by atoms with Crippen LogP contribution in [0.15, 0.2) is 0 Å². The zero-order valence-electron chi connectivity index (χ0n) is 14.0. The Balaban J connectivity index is 1.51. The number of hydrogen-bond acceptors (Lipinski definition) is 3. The zero-order valence-corrected chi connectivity index (χ0v) is 14.8. The lowest BCUT2D eigenvalue weighted by molar-refractivity contribution is -0.131. The van der Waals surface area contributed by atoms with Crippen LogP contribution in [0.1, 0.15) is 57.8 Å². The van der Waals surface area contributed by atoms with Crippen molar-refractivity contribution in [2.24, 2.45) is 17.8 Å². The van der Waals surface area contributed by atoms with Crippen LogP contribution in [0.2, 0.25) is 0 Å². The third kappa shape index (κ3) is 2.93. The van der Waals surface area contributed by atoms with Crippen molar-refractivity contribution < 1.29 is 13.2 Å². The number of hydrogen-bond donors (Lipinski definition) is 1. The molecule has 130 valence electrons. The highest BCUT2D eigenvalue weighted by Crippen LogP contribution is 2.55. The molecule has 0 aromatic carbocycles. The molecule has 1 amide bonds. The summed E-state index contributed by atoms with van der Waals surface area (Å²) in [6.07, 6.45) is 11.0. The normalized spacial score (nSPS) is 43.5. The maximum Gasteiger partial charge on any atom is 0.238 e. The molecule has 6 heteroatoms. The van der Waals surface area contributed by atoms with Crippen molar-refractivity contribution in [3.63, 3.8) is 0 Å². The van der Waals surface area contributed by atoms with Crippen LogP contribution in [0.3, 0.4) is 0 Å². The molecule has 1 heterocycles. The van der Waals surface area contributed by atoms with E-state index in [0.29, 0.717) is 13.0 Å². The number of rotatable bonds is 3. The van der Waals surface area contributed by atoms with Gasteiger partial charge in [-0.3, -0.25) is 4.79 Å². The number of piperidine rings is 1. The molecule has 0 spiro atoms. The lowest BCUT2D eigenvalue weighted by Crippen LogP contribution is -2.63. The predicted octanol–water partition coefficient (Wildman–Crippen LogP) is 1.89. The van der Waals surface area contributed by atoms with Gasteiger partial charge in [-0.25, -0.2) is 8.42 Å². The summed E-state index contributed by atoms with van der Waals surface area (Å²) in [5.74, 6) is 2.29. The smallest absolute Gasteiger partial charge is 0.238 e. The average Bonchev–Trinajstić information content (AvgIpc) is 2.44. The lowest BCUT2D eigenvalue weighted by atomic mass is 9.53. The van der Waals surface area contributed by atoms with E-state index in [4.69, 9.17) is 0 Å². The fourth-order valence-corrected chi connectivity index (χ4v) is 7.30. The summed E-state index contributed by atoms with van der Waals surface area (Å²) in [5, 5.41) is 3.35. The highest BCUT2D eigenvalue weighted by atomic mass is 32.2. The van der Waals surface area contributed by atoms with Gasteiger partial charge >= 0.3 is 0 Å². The SMILES string of the molecule is CS(=O)(=O)N1CCCCC1C(=O)NC12CC3CC(CC(C3)C1)C2. The molecule has 1 N–H and O–H groups in total. The van der Waals surface area contributed by atoms with Gasteiger partial charge in [-0.05, 0) is 69.1 Å². The van der Waals surface area contributed by atoms with Gasteiger partial charge in [0.05, 0.1) is 6.26 Å². The summed E-state index contributed by atoms with van der Waals surface area (Å²) >= 11 is 0. The molecule has 5 rings (SSSR count). The predicted molar refractivity (Wildman–Crippen MR) is 88.2 cm³/mol. The van der Waals surface area contributed by atoms with Crippen molar-refractivity contribution in [3.8, 4) is 0 Å². The monoisotopic (exact) mass is 340 g/mol. The molecule has 1 atom stereocenters. The summed E-state index contributed by atoms with van der Waals surface area (Å²) in [5.41, 5.74) is -0.0353. The molecule has 23 heavy (non-hydrogen) atoms. The Kier molecular flexibility index (Phi) is 3.76. The van der Waals surface area contributed by atoms with Gasteiger partial charge in [-0.2, -0.15) is 4.31 Å². The van der Waals surface area contributed by atoms with Gasteiger partial charge in [0.1, 0.15) is 6.04 Å². The Bertz CT molecular complexity index is 566. The molecule has 0 radical (unpaired) electrons. The second kappa shape index (κ2) is 5.45. The van der Waals surface area contributed by atoms with E-state index >= 15 is 0 Å². The molecule has 5 aliphatic rings. The van der Waals surface area contributed by atoms with E-state index in [0.717, 1.165) is 49.9 Å². The molecule has 4 bridgehead atoms. The van der Waals surface area contributed by atoms with Crippen LogP contribution < -0.4 is 5.32 Å². The van der Waals surface area contributed by atoms with E-state index in [1.54, 1.807) is 0 Å². The van der Waals surface area contributed by atoms with Crippen LogP contribution in [0.4, 0.5) is 0 Å². The molecule has 1 aliphatic heterocycles. The van der Waals surface area contributed by atoms with Gasteiger partial charge in [0.2, 0.25) is 15.9 Å². The molecule has 4 saturated carbocycles. The second-order valence-electron chi connectivity index (χ2n) is 8.57. The molecule has 1 unspecified atom stereocenters. The lowest BCUT2D eigenvalue weighted by Gasteiger charge is -2.57. The van der Waals surface area contributed by atoms with Crippen LogP contribution in [0.5, 0.6) is 0 Å². The van der Waals surface area contributed by atoms with Gasteiger partial charge in [-0.1, -0.05) is 6.42 Å². The Labute approximate surface area is 139 Å². The van der Waals surface area contributed by atoms with E-state index < -0.39 is 16.1 Å². The summed E-state index contributed by atoms with van der Waals surface area (Å²) in [4.78, 5) is 12.9. The van der Waals surface area contributed by atoms with Crippen molar-refractivity contribution in [2.45, 2.75) is 69.4 Å².